The minimum absolute atomic E-state index is 0.271. The summed E-state index contributed by atoms with van der Waals surface area (Å²) in [5.41, 5.74) is 2.07. The maximum absolute atomic E-state index is 12.5. The monoisotopic (exact) mass is 596 g/mol. The van der Waals surface area contributed by atoms with Crippen molar-refractivity contribution < 1.29 is 14.3 Å². The lowest BCUT2D eigenvalue weighted by Crippen LogP contribution is -2.19. The van der Waals surface area contributed by atoms with E-state index in [2.05, 4.69) is 26.2 Å². The first-order valence-electron chi connectivity index (χ1n) is 9.83. The molecule has 3 aromatic carbocycles. The minimum Gasteiger partial charge on any atom is -0.493 e. The maximum Gasteiger partial charge on any atom is 0.264 e. The van der Waals surface area contributed by atoms with Gasteiger partial charge in [0.2, 0.25) is 0 Å². The number of nitrogens with one attached hydrogen (secondary N) is 1. The number of hydrogen-bond donors (Lipinski definition) is 1. The molecule has 0 aromatic heterocycles. The lowest BCUT2D eigenvalue weighted by Gasteiger charge is -2.13. The summed E-state index contributed by atoms with van der Waals surface area (Å²) in [5, 5.41) is 4.49. The van der Waals surface area contributed by atoms with Crippen LogP contribution >= 0.6 is 62.5 Å². The molecule has 0 unspecified atom stereocenters. The summed E-state index contributed by atoms with van der Waals surface area (Å²) >= 11 is 23.2. The molecule has 0 bridgehead atoms. The molecule has 0 radical (unpaired) electrons. The Labute approximate surface area is 224 Å². The SMILES string of the molecule is COc1cc(/C=C2/SC(=Nc3cccc(Cl)c3Cl)NC2=O)c(Br)cc1OCc1ccccc1Cl. The van der Waals surface area contributed by atoms with Gasteiger partial charge in [-0.1, -0.05) is 75.0 Å². The number of benzene rings is 3. The molecule has 3 aromatic rings. The number of thioether (sulfide) groups is 1. The average Bonchev–Trinajstić information content (AvgIpc) is 3.16. The number of carbonyl (C=O) groups excluding carboxylic acids is 1. The topological polar surface area (TPSA) is 59.9 Å². The van der Waals surface area contributed by atoms with Gasteiger partial charge in [0.15, 0.2) is 16.7 Å². The number of nitrogens with zero attached hydrogens (tertiary/aromatic N) is 1. The predicted octanol–water partition coefficient (Wildman–Crippen LogP) is 7.89. The quantitative estimate of drug-likeness (QED) is 0.293. The second-order valence-corrected chi connectivity index (χ2v) is 10.0. The Kier molecular flexibility index (Phi) is 8.11. The van der Waals surface area contributed by atoms with E-state index < -0.39 is 0 Å². The van der Waals surface area contributed by atoms with Crippen LogP contribution in [0.1, 0.15) is 11.1 Å². The molecule has 1 aliphatic heterocycles. The first-order chi connectivity index (χ1) is 16.4. The first kappa shape index (κ1) is 24.9. The van der Waals surface area contributed by atoms with Crippen LogP contribution in [0.3, 0.4) is 0 Å². The third-order valence-electron chi connectivity index (χ3n) is 4.71. The van der Waals surface area contributed by atoms with Gasteiger partial charge in [-0.3, -0.25) is 4.79 Å². The van der Waals surface area contributed by atoms with Crippen LogP contribution in [0.15, 0.2) is 69.0 Å². The van der Waals surface area contributed by atoms with Gasteiger partial charge in [0.05, 0.1) is 27.7 Å². The normalized spacial score (nSPS) is 15.6. The van der Waals surface area contributed by atoms with Gasteiger partial charge in [-0.2, -0.15) is 0 Å². The van der Waals surface area contributed by atoms with E-state index in [0.29, 0.717) is 42.3 Å². The lowest BCUT2D eigenvalue weighted by molar-refractivity contribution is -0.115. The summed E-state index contributed by atoms with van der Waals surface area (Å²) in [5.74, 6) is 0.787. The van der Waals surface area contributed by atoms with Gasteiger partial charge in [0, 0.05) is 15.1 Å². The van der Waals surface area contributed by atoms with Crippen LogP contribution in [0, 0.1) is 0 Å². The summed E-state index contributed by atoms with van der Waals surface area (Å²) < 4.78 is 12.2. The molecule has 5 nitrogen and oxygen atoms in total. The van der Waals surface area contributed by atoms with Crippen LogP contribution in [0.2, 0.25) is 15.1 Å². The van der Waals surface area contributed by atoms with Crippen molar-refractivity contribution in [3.8, 4) is 11.5 Å². The van der Waals surface area contributed by atoms with E-state index in [4.69, 9.17) is 44.3 Å². The Bertz CT molecular complexity index is 1330. The highest BCUT2D eigenvalue weighted by Crippen LogP contribution is 2.38. The van der Waals surface area contributed by atoms with Gasteiger partial charge in [0.25, 0.3) is 5.91 Å². The van der Waals surface area contributed by atoms with E-state index in [9.17, 15) is 4.79 Å². The van der Waals surface area contributed by atoms with Crippen molar-refractivity contribution in [1.29, 1.82) is 0 Å². The van der Waals surface area contributed by atoms with Gasteiger partial charge in [-0.25, -0.2) is 4.99 Å². The molecule has 0 spiro atoms. The second kappa shape index (κ2) is 11.1. The van der Waals surface area contributed by atoms with E-state index >= 15 is 0 Å². The van der Waals surface area contributed by atoms with E-state index in [1.54, 1.807) is 43.5 Å². The Balaban J connectivity index is 1.56. The molecule has 0 atom stereocenters. The summed E-state index contributed by atoms with van der Waals surface area (Å²) in [7, 11) is 1.55. The molecule has 1 aliphatic rings. The molecular formula is C24H16BrCl3N2O3S. The number of halogens is 4. The van der Waals surface area contributed by atoms with Crippen molar-refractivity contribution in [2.75, 3.05) is 7.11 Å². The zero-order valence-corrected chi connectivity index (χ0v) is 22.2. The van der Waals surface area contributed by atoms with Gasteiger partial charge in [0.1, 0.15) is 6.61 Å². The number of ether oxygens (including phenoxy) is 2. The molecule has 34 heavy (non-hydrogen) atoms. The van der Waals surface area contributed by atoms with Crippen LogP contribution in [-0.4, -0.2) is 18.2 Å². The highest BCUT2D eigenvalue weighted by atomic mass is 79.9. The molecule has 0 saturated carbocycles. The van der Waals surface area contributed by atoms with Crippen LogP contribution < -0.4 is 14.8 Å². The lowest BCUT2D eigenvalue weighted by atomic mass is 10.1. The maximum atomic E-state index is 12.5. The third kappa shape index (κ3) is 5.73. The minimum atomic E-state index is -0.271. The van der Waals surface area contributed by atoms with Crippen LogP contribution in [0.5, 0.6) is 11.5 Å². The Hall–Kier alpha value is -2.16. The number of rotatable bonds is 6. The first-order valence-corrected chi connectivity index (χ1v) is 12.6. The third-order valence-corrected chi connectivity index (χ3v) is 7.49. The zero-order chi connectivity index (χ0) is 24.2. The fourth-order valence-electron chi connectivity index (χ4n) is 3.01. The number of amides is 1. The Morgan fingerprint density at radius 1 is 1.06 bits per heavy atom. The van der Waals surface area contributed by atoms with E-state index in [1.165, 1.54) is 11.8 Å². The molecule has 4 rings (SSSR count). The van der Waals surface area contributed by atoms with Crippen LogP contribution in [0.4, 0.5) is 5.69 Å². The average molecular weight is 599 g/mol. The van der Waals surface area contributed by atoms with Crippen molar-refractivity contribution in [3.05, 3.63) is 90.2 Å². The summed E-state index contributed by atoms with van der Waals surface area (Å²) in [6, 6.07) is 16.2. The van der Waals surface area contributed by atoms with E-state index in [1.807, 2.05) is 24.3 Å². The van der Waals surface area contributed by atoms with Crippen molar-refractivity contribution >= 4 is 85.3 Å². The van der Waals surface area contributed by atoms with Crippen LogP contribution in [-0.2, 0) is 11.4 Å². The van der Waals surface area contributed by atoms with Gasteiger partial charge in [-0.05, 0) is 53.7 Å². The Morgan fingerprint density at radius 2 is 1.82 bits per heavy atom. The highest BCUT2D eigenvalue weighted by molar-refractivity contribution is 9.10. The smallest absolute Gasteiger partial charge is 0.264 e. The standard InChI is InChI=1S/C24H16BrCl3N2O3S/c1-32-19-9-14(15(25)11-20(19)33-12-13-5-2-3-6-16(13)26)10-21-23(31)30-24(34-21)29-18-8-4-7-17(27)22(18)28/h2-11H,12H2,1H3,(H,29,30,31)/b21-10+. The number of methoxy groups -OCH3 is 1. The number of carbonyl (C=O) groups is 1. The fraction of sp³-hybridized carbons (Fsp3) is 0.0833. The van der Waals surface area contributed by atoms with Gasteiger partial charge >= 0.3 is 0 Å². The molecular weight excluding hydrogens is 583 g/mol. The number of aliphatic imine (C=N–C) groups is 1. The Morgan fingerprint density at radius 3 is 2.59 bits per heavy atom. The molecule has 1 fully saturated rings. The summed E-state index contributed by atoms with van der Waals surface area (Å²) in [4.78, 5) is 17.4. The van der Waals surface area contributed by atoms with Gasteiger partial charge in [-0.15, -0.1) is 0 Å². The van der Waals surface area contributed by atoms with Crippen molar-refractivity contribution in [1.82, 2.24) is 5.32 Å². The van der Waals surface area contributed by atoms with E-state index in [0.717, 1.165) is 15.6 Å². The second-order valence-electron chi connectivity index (χ2n) is 6.96. The van der Waals surface area contributed by atoms with Crippen molar-refractivity contribution in [2.45, 2.75) is 6.61 Å². The molecule has 174 valence electrons. The number of hydrogen-bond acceptors (Lipinski definition) is 5. The molecule has 10 heteroatoms. The zero-order valence-electron chi connectivity index (χ0n) is 17.6. The highest BCUT2D eigenvalue weighted by Gasteiger charge is 2.25. The molecule has 1 N–H and O–H groups in total. The summed E-state index contributed by atoms with van der Waals surface area (Å²) in [6.45, 7) is 0.285. The molecule has 1 saturated heterocycles. The number of amidine groups is 1. The van der Waals surface area contributed by atoms with Crippen LogP contribution in [0.25, 0.3) is 6.08 Å². The summed E-state index contributed by atoms with van der Waals surface area (Å²) in [6.07, 6.45) is 1.74. The van der Waals surface area contributed by atoms with Crippen molar-refractivity contribution in [3.63, 3.8) is 0 Å². The largest absolute Gasteiger partial charge is 0.493 e. The van der Waals surface area contributed by atoms with Gasteiger partial charge < -0.3 is 14.8 Å². The predicted molar refractivity (Wildman–Crippen MR) is 144 cm³/mol. The fourth-order valence-corrected chi connectivity index (χ4v) is 4.81. The molecule has 0 aliphatic carbocycles. The van der Waals surface area contributed by atoms with E-state index in [-0.39, 0.29) is 12.5 Å². The molecule has 1 heterocycles. The van der Waals surface area contributed by atoms with Crippen molar-refractivity contribution in [2.24, 2.45) is 4.99 Å². The molecule has 1 amide bonds.